The molecule has 1 saturated heterocycles. The van der Waals surface area contributed by atoms with E-state index in [1.165, 1.54) is 6.26 Å². The first-order valence-electron chi connectivity index (χ1n) is 8.53. The number of nitrogens with one attached hydrogen (secondary N) is 1. The fraction of sp³-hybridized carbons (Fsp3) is 0.588. The highest BCUT2D eigenvalue weighted by Gasteiger charge is 2.21. The third kappa shape index (κ3) is 6.82. The quantitative estimate of drug-likeness (QED) is 0.365. The number of benzene rings is 1. The van der Waals surface area contributed by atoms with E-state index in [1.807, 2.05) is 25.1 Å². The van der Waals surface area contributed by atoms with E-state index in [0.717, 1.165) is 50.1 Å². The lowest BCUT2D eigenvalue weighted by Crippen LogP contribution is -2.52. The van der Waals surface area contributed by atoms with Gasteiger partial charge in [-0.2, -0.15) is 0 Å². The number of sulfone groups is 1. The molecule has 1 fully saturated rings. The number of ether oxygens (including phenoxy) is 1. The standard InChI is InChI=1S/C17H28N4O3S.HI/c1-4-18-17(19-9-14-25(3,22)23)21-12-10-20(11-13-21)15-7-5-6-8-16(15)24-2;/h5-8H,4,9-14H2,1-3H3,(H,18,19);1H. The minimum absolute atomic E-state index is 0. The highest BCUT2D eigenvalue weighted by atomic mass is 127. The second-order valence-electron chi connectivity index (χ2n) is 6.01. The summed E-state index contributed by atoms with van der Waals surface area (Å²) < 4.78 is 28.0. The summed E-state index contributed by atoms with van der Waals surface area (Å²) in [6, 6.07) is 8.02. The van der Waals surface area contributed by atoms with Gasteiger partial charge in [0.05, 0.1) is 25.1 Å². The molecule has 2 rings (SSSR count). The highest BCUT2D eigenvalue weighted by Crippen LogP contribution is 2.28. The van der Waals surface area contributed by atoms with E-state index < -0.39 is 9.84 Å². The molecule has 1 aromatic carbocycles. The molecule has 0 aromatic heterocycles. The van der Waals surface area contributed by atoms with Gasteiger partial charge in [0.1, 0.15) is 15.6 Å². The third-order valence-corrected chi connectivity index (χ3v) is 4.99. The Labute approximate surface area is 173 Å². The van der Waals surface area contributed by atoms with Gasteiger partial charge in [-0.05, 0) is 19.1 Å². The van der Waals surface area contributed by atoms with Crippen LogP contribution in [-0.4, -0.2) is 77.7 Å². The van der Waals surface area contributed by atoms with Gasteiger partial charge in [0.25, 0.3) is 0 Å². The highest BCUT2D eigenvalue weighted by molar-refractivity contribution is 14.0. The second-order valence-corrected chi connectivity index (χ2v) is 8.27. The molecule has 0 amide bonds. The van der Waals surface area contributed by atoms with Crippen molar-refractivity contribution in [3.8, 4) is 5.75 Å². The van der Waals surface area contributed by atoms with E-state index in [2.05, 4.69) is 26.2 Å². The number of hydrogen-bond acceptors (Lipinski definition) is 5. The number of para-hydroxylation sites is 2. The molecule has 26 heavy (non-hydrogen) atoms. The molecule has 0 atom stereocenters. The normalized spacial score (nSPS) is 15.4. The molecule has 1 aromatic rings. The van der Waals surface area contributed by atoms with E-state index >= 15 is 0 Å². The van der Waals surface area contributed by atoms with Crippen molar-refractivity contribution in [1.82, 2.24) is 10.2 Å². The molecule has 0 aliphatic carbocycles. The van der Waals surface area contributed by atoms with Gasteiger partial charge in [0.2, 0.25) is 0 Å². The number of nitrogens with zero attached hydrogens (tertiary/aromatic N) is 3. The molecular formula is C17H29IN4O3S. The Bertz CT molecular complexity index is 689. The summed E-state index contributed by atoms with van der Waals surface area (Å²) in [6.07, 6.45) is 1.24. The van der Waals surface area contributed by atoms with Crippen molar-refractivity contribution >= 4 is 45.5 Å². The zero-order valence-corrected chi connectivity index (χ0v) is 18.8. The minimum Gasteiger partial charge on any atom is -0.495 e. The molecule has 0 bridgehead atoms. The van der Waals surface area contributed by atoms with Gasteiger partial charge in [-0.1, -0.05) is 12.1 Å². The van der Waals surface area contributed by atoms with E-state index in [1.54, 1.807) is 7.11 Å². The van der Waals surface area contributed by atoms with Gasteiger partial charge in [-0.25, -0.2) is 8.42 Å². The molecule has 1 N–H and O–H groups in total. The van der Waals surface area contributed by atoms with Gasteiger partial charge in [-0.3, -0.25) is 4.99 Å². The zero-order chi connectivity index (χ0) is 18.3. The number of aliphatic imine (C=N–C) groups is 1. The van der Waals surface area contributed by atoms with Crippen molar-refractivity contribution in [1.29, 1.82) is 0 Å². The largest absolute Gasteiger partial charge is 0.495 e. The number of anilines is 1. The van der Waals surface area contributed by atoms with Crippen molar-refractivity contribution in [3.05, 3.63) is 24.3 Å². The van der Waals surface area contributed by atoms with Crippen molar-refractivity contribution in [2.24, 2.45) is 4.99 Å². The van der Waals surface area contributed by atoms with Gasteiger partial charge >= 0.3 is 0 Å². The first-order chi connectivity index (χ1) is 11.9. The Morgan fingerprint density at radius 3 is 2.46 bits per heavy atom. The smallest absolute Gasteiger partial charge is 0.194 e. The number of methoxy groups -OCH3 is 1. The molecule has 0 spiro atoms. The van der Waals surface area contributed by atoms with Crippen molar-refractivity contribution in [2.75, 3.05) is 63.3 Å². The van der Waals surface area contributed by atoms with Crippen LogP contribution in [0.2, 0.25) is 0 Å². The summed E-state index contributed by atoms with van der Waals surface area (Å²) >= 11 is 0. The summed E-state index contributed by atoms with van der Waals surface area (Å²) in [5, 5.41) is 3.25. The van der Waals surface area contributed by atoms with Crippen LogP contribution in [0.15, 0.2) is 29.3 Å². The van der Waals surface area contributed by atoms with Crippen molar-refractivity contribution in [3.63, 3.8) is 0 Å². The van der Waals surface area contributed by atoms with Crippen molar-refractivity contribution in [2.45, 2.75) is 6.92 Å². The predicted octanol–water partition coefficient (Wildman–Crippen LogP) is 1.45. The molecule has 9 heteroatoms. The summed E-state index contributed by atoms with van der Waals surface area (Å²) in [5.41, 5.74) is 1.10. The predicted molar refractivity (Wildman–Crippen MR) is 118 cm³/mol. The van der Waals surface area contributed by atoms with Gasteiger partial charge in [0.15, 0.2) is 5.96 Å². The van der Waals surface area contributed by atoms with Crippen LogP contribution in [-0.2, 0) is 9.84 Å². The Kier molecular flexibility index (Phi) is 9.48. The lowest BCUT2D eigenvalue weighted by molar-refractivity contribution is 0.367. The van der Waals surface area contributed by atoms with E-state index in [-0.39, 0.29) is 36.3 Å². The van der Waals surface area contributed by atoms with E-state index in [9.17, 15) is 8.42 Å². The average molecular weight is 496 g/mol. The number of rotatable bonds is 6. The first kappa shape index (κ1) is 22.8. The third-order valence-electron chi connectivity index (χ3n) is 4.06. The lowest BCUT2D eigenvalue weighted by atomic mass is 10.2. The Balaban J connectivity index is 0.00000338. The number of piperazine rings is 1. The van der Waals surface area contributed by atoms with E-state index in [0.29, 0.717) is 0 Å². The summed E-state index contributed by atoms with van der Waals surface area (Å²) in [4.78, 5) is 8.94. The fourth-order valence-electron chi connectivity index (χ4n) is 2.79. The van der Waals surface area contributed by atoms with Crippen molar-refractivity contribution < 1.29 is 13.2 Å². The SMILES string of the molecule is CCNC(=NCCS(C)(=O)=O)N1CCN(c2ccccc2OC)CC1.I. The molecule has 0 unspecified atom stereocenters. The fourth-order valence-corrected chi connectivity index (χ4v) is 3.22. The maximum atomic E-state index is 11.3. The monoisotopic (exact) mass is 496 g/mol. The summed E-state index contributed by atoms with van der Waals surface area (Å²) in [6.45, 7) is 6.41. The van der Waals surface area contributed by atoms with Crippen LogP contribution in [0.25, 0.3) is 0 Å². The maximum absolute atomic E-state index is 11.3. The minimum atomic E-state index is -2.99. The zero-order valence-electron chi connectivity index (χ0n) is 15.6. The van der Waals surface area contributed by atoms with Gasteiger partial charge in [0, 0.05) is 39.0 Å². The Hall–Kier alpha value is -1.23. The second kappa shape index (κ2) is 10.8. The first-order valence-corrected chi connectivity index (χ1v) is 10.6. The van der Waals surface area contributed by atoms with Crippen LogP contribution in [0.3, 0.4) is 0 Å². The molecule has 1 aliphatic heterocycles. The maximum Gasteiger partial charge on any atom is 0.194 e. The molecule has 0 saturated carbocycles. The van der Waals surface area contributed by atoms with Crippen LogP contribution in [0, 0.1) is 0 Å². The molecule has 7 nitrogen and oxygen atoms in total. The van der Waals surface area contributed by atoms with Crippen LogP contribution in [0.4, 0.5) is 5.69 Å². The average Bonchev–Trinajstić information content (AvgIpc) is 2.60. The van der Waals surface area contributed by atoms with Crippen LogP contribution in [0.5, 0.6) is 5.75 Å². The Morgan fingerprint density at radius 2 is 1.88 bits per heavy atom. The van der Waals surface area contributed by atoms with Gasteiger partial charge < -0.3 is 19.9 Å². The number of hydrogen-bond donors (Lipinski definition) is 1. The number of guanidine groups is 1. The lowest BCUT2D eigenvalue weighted by Gasteiger charge is -2.38. The molecular weight excluding hydrogens is 467 g/mol. The van der Waals surface area contributed by atoms with Gasteiger partial charge in [-0.15, -0.1) is 24.0 Å². The summed E-state index contributed by atoms with van der Waals surface area (Å²) in [7, 11) is -1.31. The van der Waals surface area contributed by atoms with E-state index in [4.69, 9.17) is 4.74 Å². The topological polar surface area (TPSA) is 74.2 Å². The molecule has 148 valence electrons. The van der Waals surface area contributed by atoms with Crippen LogP contribution >= 0.6 is 24.0 Å². The summed E-state index contributed by atoms with van der Waals surface area (Å²) in [5.74, 6) is 1.73. The van der Waals surface area contributed by atoms with Crippen LogP contribution in [0.1, 0.15) is 6.92 Å². The Morgan fingerprint density at radius 1 is 1.23 bits per heavy atom. The van der Waals surface area contributed by atoms with Crippen LogP contribution < -0.4 is 15.0 Å². The molecule has 1 aliphatic rings. The molecule has 0 radical (unpaired) electrons. The number of halogens is 1. The molecule has 1 heterocycles.